The van der Waals surface area contributed by atoms with Gasteiger partial charge in [-0.3, -0.25) is 15.0 Å². The fraction of sp³-hybridized carbons (Fsp3) is 0.321. The number of fused-ring (bicyclic) bond motifs is 1. The second-order valence-corrected chi connectivity index (χ2v) is 9.39. The van der Waals surface area contributed by atoms with Crippen molar-refractivity contribution < 1.29 is 4.39 Å². The van der Waals surface area contributed by atoms with Gasteiger partial charge in [-0.25, -0.2) is 4.39 Å². The summed E-state index contributed by atoms with van der Waals surface area (Å²) in [5.41, 5.74) is 7.18. The first-order chi connectivity index (χ1) is 15.8. The SMILES string of the molecule is CCC(CC(C)c1ccnc(C)c1)c1cc2nc(C)c(C)cc2c(-c2ccc(Cl)cc2F)n1. The van der Waals surface area contributed by atoms with E-state index >= 15 is 0 Å². The Hall–Kier alpha value is -2.85. The van der Waals surface area contributed by atoms with Gasteiger partial charge in [-0.05, 0) is 93.1 Å². The lowest BCUT2D eigenvalue weighted by Crippen LogP contribution is -2.08. The molecule has 3 nitrogen and oxygen atoms in total. The van der Waals surface area contributed by atoms with Gasteiger partial charge in [0, 0.05) is 45.2 Å². The lowest BCUT2D eigenvalue weighted by molar-refractivity contribution is 0.534. The number of aromatic nitrogens is 3. The van der Waals surface area contributed by atoms with Crippen LogP contribution in [-0.2, 0) is 0 Å². The van der Waals surface area contributed by atoms with Crippen LogP contribution in [0, 0.1) is 26.6 Å². The minimum absolute atomic E-state index is 0.218. The van der Waals surface area contributed by atoms with Crippen LogP contribution in [-0.4, -0.2) is 15.0 Å². The minimum atomic E-state index is -0.375. The van der Waals surface area contributed by atoms with Crippen LogP contribution in [0.25, 0.3) is 22.2 Å². The average Bonchev–Trinajstić information content (AvgIpc) is 2.78. The molecule has 3 aromatic heterocycles. The van der Waals surface area contributed by atoms with Crippen LogP contribution < -0.4 is 0 Å². The quantitative estimate of drug-likeness (QED) is 0.291. The molecular formula is C28H29ClFN3. The summed E-state index contributed by atoms with van der Waals surface area (Å²) in [6.07, 6.45) is 3.74. The summed E-state index contributed by atoms with van der Waals surface area (Å²) in [6, 6.07) is 13.1. The molecule has 0 aliphatic heterocycles. The van der Waals surface area contributed by atoms with Crippen molar-refractivity contribution in [3.63, 3.8) is 0 Å². The Morgan fingerprint density at radius 1 is 1.00 bits per heavy atom. The van der Waals surface area contributed by atoms with Crippen LogP contribution in [0.4, 0.5) is 4.39 Å². The summed E-state index contributed by atoms with van der Waals surface area (Å²) in [5, 5.41) is 1.23. The number of hydrogen-bond donors (Lipinski definition) is 0. The van der Waals surface area contributed by atoms with Gasteiger partial charge in [0.15, 0.2) is 0 Å². The molecule has 2 atom stereocenters. The molecule has 0 aliphatic rings. The molecule has 0 radical (unpaired) electrons. The standard InChI is InChI=1S/C28H29ClFN3/c1-6-20(11-17(3)21-9-10-31-18(4)13-21)26-15-27-24(12-16(2)19(5)32-27)28(33-26)23-8-7-22(29)14-25(23)30/h7-10,12-15,17,20H,6,11H2,1-5H3. The molecular weight excluding hydrogens is 433 g/mol. The fourth-order valence-corrected chi connectivity index (χ4v) is 4.57. The molecule has 4 aromatic rings. The number of halogens is 2. The van der Waals surface area contributed by atoms with E-state index in [0.29, 0.717) is 22.2 Å². The molecule has 2 unspecified atom stereocenters. The summed E-state index contributed by atoms with van der Waals surface area (Å²) >= 11 is 6.02. The molecule has 0 saturated carbocycles. The highest BCUT2D eigenvalue weighted by Gasteiger charge is 2.21. The Labute approximate surface area is 200 Å². The summed E-state index contributed by atoms with van der Waals surface area (Å²) in [5.74, 6) is 0.188. The van der Waals surface area contributed by atoms with E-state index in [2.05, 4.69) is 43.1 Å². The van der Waals surface area contributed by atoms with Gasteiger partial charge in [0.05, 0.1) is 11.2 Å². The number of rotatable bonds is 6. The Bertz CT molecular complexity index is 1320. The molecule has 3 heterocycles. The normalized spacial score (nSPS) is 13.3. The summed E-state index contributed by atoms with van der Waals surface area (Å²) in [6.45, 7) is 10.5. The highest BCUT2D eigenvalue weighted by molar-refractivity contribution is 6.30. The lowest BCUT2D eigenvalue weighted by atomic mass is 9.86. The first-order valence-corrected chi connectivity index (χ1v) is 11.8. The van der Waals surface area contributed by atoms with Crippen LogP contribution in [0.15, 0.2) is 48.7 Å². The average molecular weight is 462 g/mol. The molecule has 0 N–H and O–H groups in total. The van der Waals surface area contributed by atoms with Crippen molar-refractivity contribution in [2.75, 3.05) is 0 Å². The van der Waals surface area contributed by atoms with Crippen molar-refractivity contribution in [1.82, 2.24) is 15.0 Å². The van der Waals surface area contributed by atoms with E-state index < -0.39 is 0 Å². The third-order valence-electron chi connectivity index (χ3n) is 6.50. The van der Waals surface area contributed by atoms with Crippen molar-refractivity contribution in [2.45, 2.75) is 59.3 Å². The summed E-state index contributed by atoms with van der Waals surface area (Å²) in [7, 11) is 0. The van der Waals surface area contributed by atoms with E-state index in [1.165, 1.54) is 11.6 Å². The van der Waals surface area contributed by atoms with E-state index in [4.69, 9.17) is 21.6 Å². The van der Waals surface area contributed by atoms with Crippen LogP contribution >= 0.6 is 11.6 Å². The highest BCUT2D eigenvalue weighted by Crippen LogP contribution is 2.36. The molecule has 1 aromatic carbocycles. The minimum Gasteiger partial charge on any atom is -0.262 e. The van der Waals surface area contributed by atoms with Gasteiger partial charge < -0.3 is 0 Å². The maximum absolute atomic E-state index is 15.0. The van der Waals surface area contributed by atoms with Crippen molar-refractivity contribution in [2.24, 2.45) is 0 Å². The highest BCUT2D eigenvalue weighted by atomic mass is 35.5. The molecule has 170 valence electrons. The van der Waals surface area contributed by atoms with Gasteiger partial charge in [0.1, 0.15) is 5.82 Å². The predicted molar refractivity (Wildman–Crippen MR) is 134 cm³/mol. The monoisotopic (exact) mass is 461 g/mol. The van der Waals surface area contributed by atoms with Gasteiger partial charge in [-0.2, -0.15) is 0 Å². The van der Waals surface area contributed by atoms with E-state index in [0.717, 1.165) is 46.4 Å². The lowest BCUT2D eigenvalue weighted by Gasteiger charge is -2.21. The number of benzene rings is 1. The zero-order chi connectivity index (χ0) is 23.7. The topological polar surface area (TPSA) is 38.7 Å². The van der Waals surface area contributed by atoms with Crippen molar-refractivity contribution >= 4 is 22.5 Å². The largest absolute Gasteiger partial charge is 0.262 e. The molecule has 0 fully saturated rings. The van der Waals surface area contributed by atoms with E-state index in [1.807, 2.05) is 27.0 Å². The third kappa shape index (κ3) is 4.91. The molecule has 5 heteroatoms. The molecule has 0 aliphatic carbocycles. The smallest absolute Gasteiger partial charge is 0.134 e. The maximum atomic E-state index is 15.0. The van der Waals surface area contributed by atoms with Crippen LogP contribution in [0.1, 0.15) is 66.7 Å². The molecule has 0 amide bonds. The van der Waals surface area contributed by atoms with E-state index in [1.54, 1.807) is 12.1 Å². The number of hydrogen-bond acceptors (Lipinski definition) is 3. The Balaban J connectivity index is 1.83. The van der Waals surface area contributed by atoms with Crippen molar-refractivity contribution in [3.05, 3.63) is 87.7 Å². The first-order valence-electron chi connectivity index (χ1n) is 11.4. The van der Waals surface area contributed by atoms with Gasteiger partial charge in [-0.1, -0.05) is 25.4 Å². The Kier molecular flexibility index (Phi) is 6.76. The van der Waals surface area contributed by atoms with Gasteiger partial charge in [-0.15, -0.1) is 0 Å². The Morgan fingerprint density at radius 2 is 1.79 bits per heavy atom. The van der Waals surface area contributed by atoms with Crippen LogP contribution in [0.2, 0.25) is 5.02 Å². The molecule has 0 spiro atoms. The van der Waals surface area contributed by atoms with E-state index in [9.17, 15) is 4.39 Å². The third-order valence-corrected chi connectivity index (χ3v) is 6.74. The van der Waals surface area contributed by atoms with Gasteiger partial charge in [0.2, 0.25) is 0 Å². The second-order valence-electron chi connectivity index (χ2n) is 8.95. The van der Waals surface area contributed by atoms with Crippen LogP contribution in [0.5, 0.6) is 0 Å². The van der Waals surface area contributed by atoms with E-state index in [-0.39, 0.29) is 11.7 Å². The molecule has 33 heavy (non-hydrogen) atoms. The fourth-order valence-electron chi connectivity index (χ4n) is 4.41. The van der Waals surface area contributed by atoms with Gasteiger partial charge in [0.25, 0.3) is 0 Å². The Morgan fingerprint density at radius 3 is 2.48 bits per heavy atom. The molecule has 0 bridgehead atoms. The number of pyridine rings is 3. The van der Waals surface area contributed by atoms with Crippen molar-refractivity contribution in [3.8, 4) is 11.3 Å². The number of aryl methyl sites for hydroxylation is 3. The summed E-state index contributed by atoms with van der Waals surface area (Å²) in [4.78, 5) is 14.2. The first kappa shape index (κ1) is 23.3. The zero-order valence-corrected chi connectivity index (χ0v) is 20.5. The maximum Gasteiger partial charge on any atom is 0.134 e. The predicted octanol–water partition coefficient (Wildman–Crippen LogP) is 8.10. The van der Waals surface area contributed by atoms with Crippen LogP contribution in [0.3, 0.4) is 0 Å². The summed E-state index contributed by atoms with van der Waals surface area (Å²) < 4.78 is 15.0. The second kappa shape index (κ2) is 9.56. The molecule has 4 rings (SSSR count). The van der Waals surface area contributed by atoms with Gasteiger partial charge >= 0.3 is 0 Å². The number of nitrogens with zero attached hydrogens (tertiary/aromatic N) is 3. The molecule has 0 saturated heterocycles. The van der Waals surface area contributed by atoms with Crippen molar-refractivity contribution in [1.29, 1.82) is 0 Å². The zero-order valence-electron chi connectivity index (χ0n) is 19.8.